The van der Waals surface area contributed by atoms with Crippen LogP contribution in [0.1, 0.15) is 18.9 Å². The van der Waals surface area contributed by atoms with E-state index < -0.39 is 5.76 Å². The van der Waals surface area contributed by atoms with Crippen molar-refractivity contribution < 1.29 is 9.21 Å². The van der Waals surface area contributed by atoms with Gasteiger partial charge in [0.25, 0.3) is 0 Å². The summed E-state index contributed by atoms with van der Waals surface area (Å²) in [6.45, 7) is 0.900. The van der Waals surface area contributed by atoms with Crippen molar-refractivity contribution in [1.29, 1.82) is 0 Å². The van der Waals surface area contributed by atoms with Gasteiger partial charge in [-0.3, -0.25) is 18.5 Å². The number of hydrogen-bond acceptors (Lipinski definition) is 5. The number of rotatable bonds is 3. The van der Waals surface area contributed by atoms with Crippen molar-refractivity contribution in [2.75, 3.05) is 13.1 Å². The number of carbonyl (C=O) groups excluding carboxylic acids is 1. The molecule has 1 amide bonds. The van der Waals surface area contributed by atoms with E-state index in [1.807, 2.05) is 6.07 Å². The number of oxazole rings is 1. The molecular formula is C21H21N5O4. The lowest BCUT2D eigenvalue weighted by Gasteiger charge is -2.33. The summed E-state index contributed by atoms with van der Waals surface area (Å²) in [7, 11) is 1.73. The number of likely N-dealkylation sites (tertiary alicyclic amines) is 1. The van der Waals surface area contributed by atoms with Gasteiger partial charge in [0, 0.05) is 26.3 Å². The Balaban J connectivity index is 1.43. The van der Waals surface area contributed by atoms with Gasteiger partial charge >= 0.3 is 11.4 Å². The molecule has 1 atom stereocenters. The van der Waals surface area contributed by atoms with E-state index in [-0.39, 0.29) is 24.2 Å². The number of amides is 1. The fraction of sp³-hybridized carbons (Fsp3) is 0.333. The lowest BCUT2D eigenvalue weighted by Crippen LogP contribution is -2.44. The third-order valence-corrected chi connectivity index (χ3v) is 5.83. The summed E-state index contributed by atoms with van der Waals surface area (Å²) in [6.07, 6.45) is 3.22. The first-order valence-corrected chi connectivity index (χ1v) is 9.92. The standard InChI is InChI=1S/C21H21N5O4/c1-23-16-8-4-10-22-19(16)26(20(23)28)14-6-5-11-24(12-14)18(27)13-25-15-7-2-3-9-17(15)30-21(25)29/h2-4,7-10,14H,5-6,11-13H2,1H3/t14-/m0/s1. The van der Waals surface area contributed by atoms with Crippen LogP contribution in [0.15, 0.2) is 56.6 Å². The average Bonchev–Trinajstić information content (AvgIpc) is 3.22. The largest absolute Gasteiger partial charge is 0.420 e. The highest BCUT2D eigenvalue weighted by Gasteiger charge is 2.28. The Morgan fingerprint density at radius 1 is 1.17 bits per heavy atom. The molecular weight excluding hydrogens is 386 g/mol. The van der Waals surface area contributed by atoms with E-state index in [4.69, 9.17) is 4.42 Å². The number of imidazole rings is 1. The molecule has 0 bridgehead atoms. The maximum atomic E-state index is 13.0. The molecule has 1 aliphatic rings. The fourth-order valence-electron chi connectivity index (χ4n) is 4.31. The third-order valence-electron chi connectivity index (χ3n) is 5.83. The maximum Gasteiger partial charge on any atom is 0.420 e. The molecule has 0 aliphatic carbocycles. The van der Waals surface area contributed by atoms with Gasteiger partial charge in [0.2, 0.25) is 5.91 Å². The van der Waals surface area contributed by atoms with E-state index in [0.29, 0.717) is 29.8 Å². The molecule has 9 heteroatoms. The van der Waals surface area contributed by atoms with Crippen LogP contribution < -0.4 is 11.4 Å². The summed E-state index contributed by atoms with van der Waals surface area (Å²) in [5, 5.41) is 0. The van der Waals surface area contributed by atoms with Gasteiger partial charge in [0.1, 0.15) is 6.54 Å². The van der Waals surface area contributed by atoms with E-state index in [1.165, 1.54) is 4.57 Å². The normalized spacial score (nSPS) is 17.1. The van der Waals surface area contributed by atoms with Gasteiger partial charge in [0.05, 0.1) is 17.1 Å². The summed E-state index contributed by atoms with van der Waals surface area (Å²) in [6, 6.07) is 10.5. The highest BCUT2D eigenvalue weighted by atomic mass is 16.4. The van der Waals surface area contributed by atoms with Gasteiger partial charge < -0.3 is 9.32 Å². The summed E-state index contributed by atoms with van der Waals surface area (Å²) in [4.78, 5) is 44.2. The molecule has 1 aromatic carbocycles. The molecule has 0 N–H and O–H groups in total. The average molecular weight is 407 g/mol. The lowest BCUT2D eigenvalue weighted by molar-refractivity contribution is -0.133. The van der Waals surface area contributed by atoms with Gasteiger partial charge in [-0.1, -0.05) is 12.1 Å². The Bertz CT molecular complexity index is 1380. The van der Waals surface area contributed by atoms with Crippen molar-refractivity contribution in [2.24, 2.45) is 7.05 Å². The summed E-state index contributed by atoms with van der Waals surface area (Å²) in [5.74, 6) is -0.720. The van der Waals surface area contributed by atoms with Gasteiger partial charge in [-0.15, -0.1) is 0 Å². The molecule has 9 nitrogen and oxygen atoms in total. The lowest BCUT2D eigenvalue weighted by atomic mass is 10.1. The summed E-state index contributed by atoms with van der Waals surface area (Å²) < 4.78 is 9.85. The van der Waals surface area contributed by atoms with E-state index in [9.17, 15) is 14.4 Å². The van der Waals surface area contributed by atoms with E-state index in [1.54, 1.807) is 57.6 Å². The van der Waals surface area contributed by atoms with Crippen molar-refractivity contribution in [3.05, 3.63) is 63.6 Å². The second-order valence-corrected chi connectivity index (χ2v) is 7.62. The van der Waals surface area contributed by atoms with Crippen LogP contribution in [0.5, 0.6) is 0 Å². The van der Waals surface area contributed by atoms with Gasteiger partial charge in [0.15, 0.2) is 11.2 Å². The summed E-state index contributed by atoms with van der Waals surface area (Å²) >= 11 is 0. The predicted octanol–water partition coefficient (Wildman–Crippen LogP) is 1.51. The number of aryl methyl sites for hydroxylation is 1. The highest BCUT2D eigenvalue weighted by molar-refractivity contribution is 5.79. The zero-order valence-corrected chi connectivity index (χ0v) is 16.5. The van der Waals surface area contributed by atoms with Crippen LogP contribution in [0.3, 0.4) is 0 Å². The molecule has 0 spiro atoms. The monoisotopic (exact) mass is 407 g/mol. The van der Waals surface area contributed by atoms with Gasteiger partial charge in [-0.25, -0.2) is 14.6 Å². The number of benzene rings is 1. The molecule has 0 unspecified atom stereocenters. The van der Waals surface area contributed by atoms with Crippen LogP contribution in [-0.4, -0.2) is 42.6 Å². The van der Waals surface area contributed by atoms with Crippen LogP contribution in [0, 0.1) is 0 Å². The van der Waals surface area contributed by atoms with Crippen LogP contribution in [0.25, 0.3) is 22.3 Å². The molecule has 4 heterocycles. The minimum absolute atomic E-state index is 0.0920. The number of aromatic nitrogens is 4. The van der Waals surface area contributed by atoms with Crippen LogP contribution in [0.2, 0.25) is 0 Å². The molecule has 3 aromatic heterocycles. The molecule has 5 rings (SSSR count). The minimum Gasteiger partial charge on any atom is -0.408 e. The Morgan fingerprint density at radius 2 is 1.97 bits per heavy atom. The third kappa shape index (κ3) is 2.85. The number of nitrogens with zero attached hydrogens (tertiary/aromatic N) is 5. The quantitative estimate of drug-likeness (QED) is 0.513. The fourth-order valence-corrected chi connectivity index (χ4v) is 4.31. The van der Waals surface area contributed by atoms with Crippen molar-refractivity contribution in [2.45, 2.75) is 25.4 Å². The SMILES string of the molecule is Cn1c(=O)n([C@H]2CCCN(C(=O)Cn3c(=O)oc4ccccc43)C2)c2ncccc21. The Labute approximate surface area is 170 Å². The zero-order chi connectivity index (χ0) is 20.8. The Hall–Kier alpha value is -3.62. The first-order chi connectivity index (χ1) is 14.5. The molecule has 1 fully saturated rings. The topological polar surface area (TPSA) is 95.3 Å². The number of carbonyl (C=O) groups is 1. The second-order valence-electron chi connectivity index (χ2n) is 7.62. The number of para-hydroxylation sites is 2. The van der Waals surface area contributed by atoms with Crippen molar-refractivity contribution in [3.8, 4) is 0 Å². The molecule has 0 radical (unpaired) electrons. The number of pyridine rings is 1. The van der Waals surface area contributed by atoms with Crippen molar-refractivity contribution >= 4 is 28.2 Å². The Morgan fingerprint density at radius 3 is 2.83 bits per heavy atom. The zero-order valence-electron chi connectivity index (χ0n) is 16.5. The van der Waals surface area contributed by atoms with Crippen molar-refractivity contribution in [1.82, 2.24) is 23.6 Å². The van der Waals surface area contributed by atoms with E-state index in [2.05, 4.69) is 4.98 Å². The van der Waals surface area contributed by atoms with Crippen LogP contribution in [-0.2, 0) is 18.4 Å². The first-order valence-electron chi connectivity index (χ1n) is 9.92. The van der Waals surface area contributed by atoms with E-state index >= 15 is 0 Å². The molecule has 4 aromatic rings. The molecule has 1 saturated heterocycles. The van der Waals surface area contributed by atoms with Crippen LogP contribution in [0.4, 0.5) is 0 Å². The van der Waals surface area contributed by atoms with Crippen molar-refractivity contribution in [3.63, 3.8) is 0 Å². The first kappa shape index (κ1) is 18.4. The minimum atomic E-state index is -0.549. The molecule has 0 saturated carbocycles. The van der Waals surface area contributed by atoms with E-state index in [0.717, 1.165) is 18.4 Å². The maximum absolute atomic E-state index is 13.0. The van der Waals surface area contributed by atoms with Gasteiger partial charge in [-0.05, 0) is 37.1 Å². The summed E-state index contributed by atoms with van der Waals surface area (Å²) in [5.41, 5.74) is 2.31. The molecule has 30 heavy (non-hydrogen) atoms. The van der Waals surface area contributed by atoms with Gasteiger partial charge in [-0.2, -0.15) is 0 Å². The second kappa shape index (κ2) is 7.01. The van der Waals surface area contributed by atoms with Crippen LogP contribution >= 0.6 is 0 Å². The predicted molar refractivity (Wildman–Crippen MR) is 110 cm³/mol. The smallest absolute Gasteiger partial charge is 0.408 e. The Kier molecular flexibility index (Phi) is 4.30. The molecule has 154 valence electrons. The number of fused-ring (bicyclic) bond motifs is 2. The number of piperidine rings is 1. The highest BCUT2D eigenvalue weighted by Crippen LogP contribution is 2.24. The molecule has 1 aliphatic heterocycles. The number of hydrogen-bond donors (Lipinski definition) is 0.